The third-order valence-corrected chi connectivity index (χ3v) is 5.81. The highest BCUT2D eigenvalue weighted by Gasteiger charge is 2.35. The lowest BCUT2D eigenvalue weighted by Gasteiger charge is -2.05. The molecule has 0 spiro atoms. The fourth-order valence-corrected chi connectivity index (χ4v) is 4.52. The van der Waals surface area contributed by atoms with E-state index in [1.54, 1.807) is 24.3 Å². The van der Waals surface area contributed by atoms with Gasteiger partial charge in [-0.05, 0) is 49.1 Å². The second-order valence-corrected chi connectivity index (χ2v) is 6.94. The Hall–Kier alpha value is -1.65. The molecule has 0 bridgehead atoms. The molecule has 0 amide bonds. The highest BCUT2D eigenvalue weighted by Crippen LogP contribution is 2.43. The quantitative estimate of drug-likeness (QED) is 0.848. The summed E-state index contributed by atoms with van der Waals surface area (Å²) in [6.45, 7) is 2.00. The van der Waals surface area contributed by atoms with Gasteiger partial charge < -0.3 is 5.11 Å². The molecule has 0 saturated heterocycles. The minimum Gasteiger partial charge on any atom is -0.481 e. The number of ketones is 1. The van der Waals surface area contributed by atoms with E-state index in [1.807, 2.05) is 6.92 Å². The summed E-state index contributed by atoms with van der Waals surface area (Å²) in [7, 11) is 0. The van der Waals surface area contributed by atoms with Crippen molar-refractivity contribution in [2.75, 3.05) is 0 Å². The molecule has 1 atom stereocenters. The van der Waals surface area contributed by atoms with Crippen LogP contribution in [0.1, 0.15) is 50.5 Å². The van der Waals surface area contributed by atoms with Crippen molar-refractivity contribution in [3.8, 4) is 0 Å². The van der Waals surface area contributed by atoms with Gasteiger partial charge in [0.05, 0.1) is 5.92 Å². The van der Waals surface area contributed by atoms with Crippen LogP contribution >= 0.6 is 22.9 Å². The largest absolute Gasteiger partial charge is 0.481 e. The maximum absolute atomic E-state index is 12.9. The molecular formula is C17H15ClO3S. The third kappa shape index (κ3) is 2.46. The highest BCUT2D eigenvalue weighted by atomic mass is 35.5. The molecule has 1 aliphatic carbocycles. The summed E-state index contributed by atoms with van der Waals surface area (Å²) >= 11 is 7.36. The van der Waals surface area contributed by atoms with E-state index < -0.39 is 11.9 Å². The maximum atomic E-state index is 12.9. The zero-order chi connectivity index (χ0) is 15.9. The SMILES string of the molecule is CCc1sc2c(c1C(=O)c1ccc(Cl)cc1)CCC2C(=O)O. The number of hydrogen-bond acceptors (Lipinski definition) is 3. The monoisotopic (exact) mass is 334 g/mol. The predicted octanol–water partition coefficient (Wildman–Crippen LogP) is 4.31. The number of halogens is 1. The Morgan fingerprint density at radius 1 is 1.32 bits per heavy atom. The fourth-order valence-electron chi connectivity index (χ4n) is 2.98. The number of carbonyl (C=O) groups excluding carboxylic acids is 1. The number of thiophene rings is 1. The van der Waals surface area contributed by atoms with Crippen LogP contribution in [0.3, 0.4) is 0 Å². The molecule has 0 aliphatic heterocycles. The lowest BCUT2D eigenvalue weighted by Crippen LogP contribution is -2.06. The first-order valence-corrected chi connectivity index (χ1v) is 8.39. The van der Waals surface area contributed by atoms with Gasteiger partial charge in [-0.15, -0.1) is 11.3 Å². The number of hydrogen-bond donors (Lipinski definition) is 1. The van der Waals surface area contributed by atoms with Crippen LogP contribution in [0.15, 0.2) is 24.3 Å². The van der Waals surface area contributed by atoms with E-state index in [0.29, 0.717) is 29.0 Å². The van der Waals surface area contributed by atoms with E-state index in [0.717, 1.165) is 21.7 Å². The van der Waals surface area contributed by atoms with Crippen LogP contribution in [0.25, 0.3) is 0 Å². The average Bonchev–Trinajstić information content (AvgIpc) is 3.05. The van der Waals surface area contributed by atoms with E-state index >= 15 is 0 Å². The lowest BCUT2D eigenvalue weighted by molar-refractivity contribution is -0.138. The van der Waals surface area contributed by atoms with Gasteiger partial charge in [0.25, 0.3) is 0 Å². The molecule has 2 aromatic rings. The van der Waals surface area contributed by atoms with Crippen LogP contribution in [-0.4, -0.2) is 16.9 Å². The summed E-state index contributed by atoms with van der Waals surface area (Å²) in [4.78, 5) is 26.1. The Balaban J connectivity index is 2.07. The Morgan fingerprint density at radius 3 is 2.59 bits per heavy atom. The zero-order valence-corrected chi connectivity index (χ0v) is 13.6. The molecule has 5 heteroatoms. The molecule has 3 nitrogen and oxygen atoms in total. The van der Waals surface area contributed by atoms with Crippen LogP contribution < -0.4 is 0 Å². The number of carboxylic acid groups (broad SMARTS) is 1. The summed E-state index contributed by atoms with van der Waals surface area (Å²) in [5.41, 5.74) is 2.25. The third-order valence-electron chi connectivity index (χ3n) is 4.06. The minimum atomic E-state index is -0.798. The van der Waals surface area contributed by atoms with Crippen LogP contribution in [0.4, 0.5) is 0 Å². The molecule has 1 aromatic carbocycles. The molecule has 0 radical (unpaired) electrons. The molecule has 3 rings (SSSR count). The topological polar surface area (TPSA) is 54.4 Å². The van der Waals surface area contributed by atoms with Crippen molar-refractivity contribution < 1.29 is 14.7 Å². The number of benzene rings is 1. The summed E-state index contributed by atoms with van der Waals surface area (Å²) in [6.07, 6.45) is 1.98. The summed E-state index contributed by atoms with van der Waals surface area (Å²) in [5.74, 6) is -1.29. The van der Waals surface area contributed by atoms with Crippen molar-refractivity contribution in [2.45, 2.75) is 32.1 Å². The molecule has 1 aromatic heterocycles. The van der Waals surface area contributed by atoms with E-state index in [9.17, 15) is 14.7 Å². The average molecular weight is 335 g/mol. The van der Waals surface area contributed by atoms with Gasteiger partial charge in [0.15, 0.2) is 5.78 Å². The number of fused-ring (bicyclic) bond motifs is 1. The molecular weight excluding hydrogens is 320 g/mol. The van der Waals surface area contributed by atoms with Crippen LogP contribution in [0.5, 0.6) is 0 Å². The number of aryl methyl sites for hydroxylation is 1. The van der Waals surface area contributed by atoms with Crippen molar-refractivity contribution in [2.24, 2.45) is 0 Å². The van der Waals surface area contributed by atoms with Gasteiger partial charge in [-0.25, -0.2) is 0 Å². The molecule has 0 fully saturated rings. The second-order valence-electron chi connectivity index (χ2n) is 5.36. The normalized spacial score (nSPS) is 16.5. The van der Waals surface area contributed by atoms with Crippen molar-refractivity contribution >= 4 is 34.7 Å². The van der Waals surface area contributed by atoms with E-state index in [2.05, 4.69) is 0 Å². The number of rotatable bonds is 4. The molecule has 1 N–H and O–H groups in total. The first-order valence-electron chi connectivity index (χ1n) is 7.20. The Kier molecular flexibility index (Phi) is 4.06. The van der Waals surface area contributed by atoms with Gasteiger partial charge in [0.2, 0.25) is 0 Å². The Bertz CT molecular complexity index is 746. The highest BCUT2D eigenvalue weighted by molar-refractivity contribution is 7.12. The predicted molar refractivity (Wildman–Crippen MR) is 87.3 cm³/mol. The molecule has 1 heterocycles. The van der Waals surface area contributed by atoms with Crippen molar-refractivity contribution in [3.63, 3.8) is 0 Å². The van der Waals surface area contributed by atoms with Gasteiger partial charge in [-0.2, -0.15) is 0 Å². The van der Waals surface area contributed by atoms with E-state index in [4.69, 9.17) is 11.6 Å². The molecule has 1 unspecified atom stereocenters. The van der Waals surface area contributed by atoms with E-state index in [1.165, 1.54) is 11.3 Å². The smallest absolute Gasteiger partial charge is 0.311 e. The Morgan fingerprint density at radius 2 is 2.00 bits per heavy atom. The van der Waals surface area contributed by atoms with Crippen LogP contribution in [-0.2, 0) is 17.6 Å². The van der Waals surface area contributed by atoms with Crippen molar-refractivity contribution in [3.05, 3.63) is 55.7 Å². The Labute approximate surface area is 137 Å². The summed E-state index contributed by atoms with van der Waals surface area (Å²) < 4.78 is 0. The van der Waals surface area contributed by atoms with Gasteiger partial charge in [-0.3, -0.25) is 9.59 Å². The van der Waals surface area contributed by atoms with Gasteiger partial charge in [-0.1, -0.05) is 18.5 Å². The summed E-state index contributed by atoms with van der Waals surface area (Å²) in [5, 5.41) is 9.92. The first kappa shape index (κ1) is 15.3. The van der Waals surface area contributed by atoms with Crippen LogP contribution in [0.2, 0.25) is 5.02 Å². The molecule has 1 aliphatic rings. The van der Waals surface area contributed by atoms with E-state index in [-0.39, 0.29) is 5.78 Å². The minimum absolute atomic E-state index is 0.0305. The van der Waals surface area contributed by atoms with Gasteiger partial charge >= 0.3 is 5.97 Å². The zero-order valence-electron chi connectivity index (χ0n) is 12.1. The van der Waals surface area contributed by atoms with Crippen LogP contribution in [0, 0.1) is 0 Å². The second kappa shape index (κ2) is 5.86. The molecule has 0 saturated carbocycles. The van der Waals surface area contributed by atoms with Crippen molar-refractivity contribution in [1.29, 1.82) is 0 Å². The van der Waals surface area contributed by atoms with Gasteiger partial charge in [0.1, 0.15) is 0 Å². The standard InChI is InChI=1S/C17H15ClO3S/c1-2-13-14(15(19)9-3-5-10(18)6-4-9)11-7-8-12(17(20)21)16(11)22-13/h3-6,12H,2,7-8H2,1H3,(H,20,21). The first-order chi connectivity index (χ1) is 10.5. The number of carbonyl (C=O) groups is 2. The number of aliphatic carboxylic acids is 1. The van der Waals surface area contributed by atoms with Crippen molar-refractivity contribution in [1.82, 2.24) is 0 Å². The maximum Gasteiger partial charge on any atom is 0.311 e. The number of carboxylic acids is 1. The lowest BCUT2D eigenvalue weighted by atomic mass is 9.98. The fraction of sp³-hybridized carbons (Fsp3) is 0.294. The molecule has 114 valence electrons. The van der Waals surface area contributed by atoms with Gasteiger partial charge in [0, 0.05) is 25.9 Å². The molecule has 22 heavy (non-hydrogen) atoms. The summed E-state index contributed by atoms with van der Waals surface area (Å²) in [6, 6.07) is 6.84.